The van der Waals surface area contributed by atoms with Gasteiger partial charge in [0.15, 0.2) is 0 Å². The predicted molar refractivity (Wildman–Crippen MR) is 80.2 cm³/mol. The Kier molecular flexibility index (Phi) is 5.55. The molecule has 1 N–H and O–H groups in total. The van der Waals surface area contributed by atoms with Crippen LogP contribution in [0.3, 0.4) is 0 Å². The van der Waals surface area contributed by atoms with Crippen molar-refractivity contribution in [2.75, 3.05) is 6.61 Å². The van der Waals surface area contributed by atoms with Gasteiger partial charge in [0.25, 0.3) is 0 Å². The molecule has 0 amide bonds. The third-order valence-electron chi connectivity index (χ3n) is 4.13. The van der Waals surface area contributed by atoms with Gasteiger partial charge in [0.05, 0.1) is 6.10 Å². The third kappa shape index (κ3) is 4.03. The van der Waals surface area contributed by atoms with Gasteiger partial charge < -0.3 is 10.1 Å². The van der Waals surface area contributed by atoms with Gasteiger partial charge in [0, 0.05) is 18.7 Å². The van der Waals surface area contributed by atoms with Crippen LogP contribution in [0, 0.1) is 11.7 Å². The number of halogens is 1. The second-order valence-corrected chi connectivity index (χ2v) is 6.06. The van der Waals surface area contributed by atoms with Crippen LogP contribution in [0.25, 0.3) is 0 Å². The van der Waals surface area contributed by atoms with Gasteiger partial charge in [-0.2, -0.15) is 0 Å². The Labute approximate surface area is 121 Å². The molecule has 0 saturated carbocycles. The summed E-state index contributed by atoms with van der Waals surface area (Å²) >= 11 is 0. The fourth-order valence-electron chi connectivity index (χ4n) is 2.91. The minimum absolute atomic E-state index is 0.173. The van der Waals surface area contributed by atoms with E-state index in [4.69, 9.17) is 4.74 Å². The van der Waals surface area contributed by atoms with E-state index in [9.17, 15) is 4.39 Å². The lowest BCUT2D eigenvalue weighted by Gasteiger charge is -2.34. The van der Waals surface area contributed by atoms with Crippen molar-refractivity contribution < 1.29 is 9.13 Å². The molecule has 20 heavy (non-hydrogen) atoms. The zero-order chi connectivity index (χ0) is 14.5. The van der Waals surface area contributed by atoms with Crippen molar-refractivity contribution in [3.63, 3.8) is 0 Å². The minimum atomic E-state index is -0.173. The topological polar surface area (TPSA) is 21.3 Å². The fraction of sp³-hybridized carbons (Fsp3) is 0.647. The lowest BCUT2D eigenvalue weighted by Crippen LogP contribution is -2.42. The molecule has 2 rings (SSSR count). The summed E-state index contributed by atoms with van der Waals surface area (Å²) < 4.78 is 18.8. The molecule has 0 aromatic heterocycles. The average Bonchev–Trinajstić information content (AvgIpc) is 2.46. The SMILES string of the molecule is CCC1CC(NC(c2ccc(F)cc2)C(C)C)CCO1. The number of benzene rings is 1. The molecule has 0 radical (unpaired) electrons. The highest BCUT2D eigenvalue weighted by Crippen LogP contribution is 2.26. The maximum absolute atomic E-state index is 13.1. The van der Waals surface area contributed by atoms with Crippen molar-refractivity contribution in [1.82, 2.24) is 5.32 Å². The highest BCUT2D eigenvalue weighted by atomic mass is 19.1. The Morgan fingerprint density at radius 2 is 2.00 bits per heavy atom. The van der Waals surface area contributed by atoms with Crippen molar-refractivity contribution in [1.29, 1.82) is 0 Å². The molecule has 3 unspecified atom stereocenters. The van der Waals surface area contributed by atoms with E-state index in [0.29, 0.717) is 18.1 Å². The zero-order valence-electron chi connectivity index (χ0n) is 12.7. The first-order chi connectivity index (χ1) is 9.60. The molecule has 3 atom stereocenters. The molecule has 1 saturated heterocycles. The number of nitrogens with one attached hydrogen (secondary N) is 1. The van der Waals surface area contributed by atoms with Crippen molar-refractivity contribution in [2.24, 2.45) is 5.92 Å². The van der Waals surface area contributed by atoms with Crippen LogP contribution in [0.1, 0.15) is 51.6 Å². The highest BCUT2D eigenvalue weighted by molar-refractivity contribution is 5.20. The van der Waals surface area contributed by atoms with Gasteiger partial charge in [0.2, 0.25) is 0 Å². The molecule has 1 aromatic carbocycles. The minimum Gasteiger partial charge on any atom is -0.378 e. The number of hydrogen-bond acceptors (Lipinski definition) is 2. The van der Waals surface area contributed by atoms with Crippen LogP contribution in [0.5, 0.6) is 0 Å². The predicted octanol–water partition coefficient (Wildman–Crippen LogP) is 4.07. The molecule has 2 nitrogen and oxygen atoms in total. The molecule has 1 aromatic rings. The molecular weight excluding hydrogens is 253 g/mol. The first kappa shape index (κ1) is 15.5. The Bertz CT molecular complexity index is 404. The summed E-state index contributed by atoms with van der Waals surface area (Å²) in [5, 5.41) is 3.75. The summed E-state index contributed by atoms with van der Waals surface area (Å²) in [7, 11) is 0. The van der Waals surface area contributed by atoms with Gasteiger partial charge in [0.1, 0.15) is 5.82 Å². The second kappa shape index (κ2) is 7.19. The molecular formula is C17H26FNO. The van der Waals surface area contributed by atoms with E-state index in [-0.39, 0.29) is 11.9 Å². The zero-order valence-corrected chi connectivity index (χ0v) is 12.7. The highest BCUT2D eigenvalue weighted by Gasteiger charge is 2.25. The van der Waals surface area contributed by atoms with Gasteiger partial charge in [-0.3, -0.25) is 0 Å². The van der Waals surface area contributed by atoms with E-state index in [2.05, 4.69) is 26.1 Å². The summed E-state index contributed by atoms with van der Waals surface area (Å²) in [5.74, 6) is 0.303. The van der Waals surface area contributed by atoms with E-state index in [1.54, 1.807) is 12.1 Å². The van der Waals surface area contributed by atoms with Crippen LogP contribution >= 0.6 is 0 Å². The molecule has 112 valence electrons. The van der Waals surface area contributed by atoms with Crippen LogP contribution in [-0.2, 0) is 4.74 Å². The molecule has 1 aliphatic rings. The Morgan fingerprint density at radius 3 is 2.60 bits per heavy atom. The summed E-state index contributed by atoms with van der Waals surface area (Å²) in [5.41, 5.74) is 1.17. The van der Waals surface area contributed by atoms with Crippen LogP contribution in [-0.4, -0.2) is 18.8 Å². The Balaban J connectivity index is 2.04. The van der Waals surface area contributed by atoms with E-state index in [1.807, 2.05) is 12.1 Å². The van der Waals surface area contributed by atoms with Crippen LogP contribution < -0.4 is 5.32 Å². The lowest BCUT2D eigenvalue weighted by molar-refractivity contribution is -0.00304. The number of ether oxygens (including phenoxy) is 1. The molecule has 0 bridgehead atoms. The van der Waals surface area contributed by atoms with Crippen LogP contribution in [0.4, 0.5) is 4.39 Å². The molecule has 1 fully saturated rings. The smallest absolute Gasteiger partial charge is 0.123 e. The van der Waals surface area contributed by atoms with Crippen LogP contribution in [0.2, 0.25) is 0 Å². The van der Waals surface area contributed by atoms with Crippen molar-refractivity contribution in [3.8, 4) is 0 Å². The quantitative estimate of drug-likeness (QED) is 0.877. The van der Waals surface area contributed by atoms with Crippen molar-refractivity contribution in [2.45, 2.75) is 58.2 Å². The maximum atomic E-state index is 13.1. The fourth-order valence-corrected chi connectivity index (χ4v) is 2.91. The molecule has 3 heteroatoms. The van der Waals surface area contributed by atoms with E-state index in [0.717, 1.165) is 25.9 Å². The maximum Gasteiger partial charge on any atom is 0.123 e. The monoisotopic (exact) mass is 279 g/mol. The first-order valence-corrected chi connectivity index (χ1v) is 7.73. The summed E-state index contributed by atoms with van der Waals surface area (Å²) in [6, 6.07) is 7.64. The van der Waals surface area contributed by atoms with Gasteiger partial charge in [-0.05, 0) is 42.9 Å². The second-order valence-electron chi connectivity index (χ2n) is 6.06. The largest absolute Gasteiger partial charge is 0.378 e. The normalized spacial score (nSPS) is 24.9. The van der Waals surface area contributed by atoms with Gasteiger partial charge in [-0.25, -0.2) is 4.39 Å². The first-order valence-electron chi connectivity index (χ1n) is 7.73. The number of hydrogen-bond donors (Lipinski definition) is 1. The van der Waals surface area contributed by atoms with Gasteiger partial charge in [-0.1, -0.05) is 32.9 Å². The Morgan fingerprint density at radius 1 is 1.30 bits per heavy atom. The van der Waals surface area contributed by atoms with Gasteiger partial charge >= 0.3 is 0 Å². The van der Waals surface area contributed by atoms with Crippen molar-refractivity contribution in [3.05, 3.63) is 35.6 Å². The molecule has 0 aliphatic carbocycles. The molecule has 1 aliphatic heterocycles. The van der Waals surface area contributed by atoms with E-state index < -0.39 is 0 Å². The summed E-state index contributed by atoms with van der Waals surface area (Å²) in [4.78, 5) is 0. The molecule has 1 heterocycles. The summed E-state index contributed by atoms with van der Waals surface area (Å²) in [6.45, 7) is 7.42. The molecule has 0 spiro atoms. The van der Waals surface area contributed by atoms with Gasteiger partial charge in [-0.15, -0.1) is 0 Å². The Hall–Kier alpha value is -0.930. The standard InChI is InChI=1S/C17H26FNO/c1-4-16-11-15(9-10-20-16)19-17(12(2)3)13-5-7-14(18)8-6-13/h5-8,12,15-17,19H,4,9-11H2,1-3H3. The van der Waals surface area contributed by atoms with E-state index in [1.165, 1.54) is 5.56 Å². The third-order valence-corrected chi connectivity index (χ3v) is 4.13. The van der Waals surface area contributed by atoms with Crippen molar-refractivity contribution >= 4 is 0 Å². The van der Waals surface area contributed by atoms with Crippen LogP contribution in [0.15, 0.2) is 24.3 Å². The van der Waals surface area contributed by atoms with E-state index >= 15 is 0 Å². The lowest BCUT2D eigenvalue weighted by atomic mass is 9.93. The summed E-state index contributed by atoms with van der Waals surface area (Å²) in [6.07, 6.45) is 3.57. The number of rotatable bonds is 5. The average molecular weight is 279 g/mol.